The van der Waals surface area contributed by atoms with Crippen LogP contribution in [0.1, 0.15) is 23.2 Å². The van der Waals surface area contributed by atoms with Crippen LogP contribution in [0.4, 0.5) is 0 Å². The molecule has 0 aromatic heterocycles. The van der Waals surface area contributed by atoms with Gasteiger partial charge in [0.05, 0.1) is 24.2 Å². The molecular formula is C14H17ClN2O5S. The normalized spacial score (nSPS) is 19.1. The molecule has 2 amide bonds. The standard InChI is InChI=1S/C14H17ClN2O5S/c1-22-12-3-2-10(15)7-11(12)14(19)17-16-13(18)6-9-4-5-23(20,21)8-9/h2-3,7,9H,4-6,8H2,1H3,(H,16,18)(H,17,19)/t9-/m1/s1. The second-order valence-electron chi connectivity index (χ2n) is 5.32. The van der Waals surface area contributed by atoms with Crippen LogP contribution in [-0.2, 0) is 14.6 Å². The Kier molecular flexibility index (Phi) is 5.48. The number of ether oxygens (including phenoxy) is 1. The van der Waals surface area contributed by atoms with Crippen LogP contribution in [0.15, 0.2) is 18.2 Å². The van der Waals surface area contributed by atoms with Crippen molar-refractivity contribution < 1.29 is 22.7 Å². The van der Waals surface area contributed by atoms with Crippen LogP contribution in [0.5, 0.6) is 5.75 Å². The van der Waals surface area contributed by atoms with Gasteiger partial charge in [-0.1, -0.05) is 11.6 Å². The van der Waals surface area contributed by atoms with Gasteiger partial charge in [0, 0.05) is 11.4 Å². The van der Waals surface area contributed by atoms with E-state index in [0.717, 1.165) is 0 Å². The summed E-state index contributed by atoms with van der Waals surface area (Å²) in [5.41, 5.74) is 4.73. The summed E-state index contributed by atoms with van der Waals surface area (Å²) in [5, 5.41) is 0.360. The maximum Gasteiger partial charge on any atom is 0.273 e. The van der Waals surface area contributed by atoms with E-state index in [2.05, 4.69) is 10.9 Å². The summed E-state index contributed by atoms with van der Waals surface area (Å²) < 4.78 is 27.8. The predicted octanol–water partition coefficient (Wildman–Crippen LogP) is 0.934. The molecule has 0 spiro atoms. The first kappa shape index (κ1) is 17.6. The van der Waals surface area contributed by atoms with Gasteiger partial charge in [-0.15, -0.1) is 0 Å². The van der Waals surface area contributed by atoms with Crippen LogP contribution in [-0.4, -0.2) is 38.8 Å². The Hall–Kier alpha value is -1.80. The lowest BCUT2D eigenvalue weighted by atomic mass is 10.1. The lowest BCUT2D eigenvalue weighted by Crippen LogP contribution is -2.42. The minimum Gasteiger partial charge on any atom is -0.496 e. The van der Waals surface area contributed by atoms with Crippen molar-refractivity contribution in [2.45, 2.75) is 12.8 Å². The molecule has 0 saturated carbocycles. The van der Waals surface area contributed by atoms with E-state index in [-0.39, 0.29) is 29.4 Å². The Morgan fingerprint density at radius 2 is 2.09 bits per heavy atom. The maximum absolute atomic E-state index is 12.1. The van der Waals surface area contributed by atoms with Crippen LogP contribution in [0.25, 0.3) is 0 Å². The molecule has 1 fully saturated rings. The molecule has 0 bridgehead atoms. The first-order chi connectivity index (χ1) is 10.8. The number of halogens is 1. The van der Waals surface area contributed by atoms with E-state index in [4.69, 9.17) is 16.3 Å². The molecule has 0 radical (unpaired) electrons. The number of amides is 2. The molecular weight excluding hydrogens is 344 g/mol. The average Bonchev–Trinajstić information content (AvgIpc) is 2.83. The Bertz CT molecular complexity index is 720. The lowest BCUT2D eigenvalue weighted by Gasteiger charge is -2.12. The van der Waals surface area contributed by atoms with Gasteiger partial charge in [-0.05, 0) is 30.5 Å². The average molecular weight is 361 g/mol. The molecule has 1 aliphatic rings. The highest BCUT2D eigenvalue weighted by Crippen LogP contribution is 2.23. The van der Waals surface area contributed by atoms with Crippen LogP contribution in [0.2, 0.25) is 5.02 Å². The fourth-order valence-corrected chi connectivity index (χ4v) is 4.43. The summed E-state index contributed by atoms with van der Waals surface area (Å²) in [7, 11) is -1.61. The van der Waals surface area contributed by atoms with Crippen molar-refractivity contribution in [2.75, 3.05) is 18.6 Å². The van der Waals surface area contributed by atoms with Crippen LogP contribution in [0.3, 0.4) is 0 Å². The van der Waals surface area contributed by atoms with E-state index in [1.165, 1.54) is 13.2 Å². The Balaban J connectivity index is 1.89. The van der Waals surface area contributed by atoms with Gasteiger partial charge in [0.15, 0.2) is 9.84 Å². The van der Waals surface area contributed by atoms with Gasteiger partial charge < -0.3 is 4.74 Å². The van der Waals surface area contributed by atoms with Gasteiger partial charge in [0.2, 0.25) is 5.91 Å². The first-order valence-electron chi connectivity index (χ1n) is 6.94. The lowest BCUT2D eigenvalue weighted by molar-refractivity contribution is -0.122. The molecule has 23 heavy (non-hydrogen) atoms. The molecule has 2 N–H and O–H groups in total. The second-order valence-corrected chi connectivity index (χ2v) is 7.99. The van der Waals surface area contributed by atoms with Crippen molar-refractivity contribution in [1.82, 2.24) is 10.9 Å². The molecule has 1 aromatic rings. The Morgan fingerprint density at radius 3 is 2.70 bits per heavy atom. The third-order valence-electron chi connectivity index (χ3n) is 3.52. The largest absolute Gasteiger partial charge is 0.496 e. The van der Waals surface area contributed by atoms with Crippen molar-refractivity contribution in [2.24, 2.45) is 5.92 Å². The molecule has 1 atom stereocenters. The molecule has 126 valence electrons. The molecule has 1 aliphatic heterocycles. The molecule has 1 saturated heterocycles. The van der Waals surface area contributed by atoms with Crippen molar-refractivity contribution >= 4 is 33.3 Å². The topological polar surface area (TPSA) is 102 Å². The number of hydrogen-bond acceptors (Lipinski definition) is 5. The van der Waals surface area contributed by atoms with E-state index in [1.54, 1.807) is 12.1 Å². The molecule has 9 heteroatoms. The maximum atomic E-state index is 12.1. The number of benzene rings is 1. The number of hydrazine groups is 1. The van der Waals surface area contributed by atoms with Gasteiger partial charge in [0.1, 0.15) is 5.75 Å². The Labute approximate surface area is 139 Å². The number of nitrogens with one attached hydrogen (secondary N) is 2. The smallest absolute Gasteiger partial charge is 0.273 e. The molecule has 2 rings (SSSR count). The molecule has 0 unspecified atom stereocenters. The van der Waals surface area contributed by atoms with Crippen molar-refractivity contribution in [3.05, 3.63) is 28.8 Å². The summed E-state index contributed by atoms with van der Waals surface area (Å²) in [4.78, 5) is 23.9. The Morgan fingerprint density at radius 1 is 1.35 bits per heavy atom. The monoisotopic (exact) mass is 360 g/mol. The third-order valence-corrected chi connectivity index (χ3v) is 5.59. The minimum absolute atomic E-state index is 0.0104. The van der Waals surface area contributed by atoms with Crippen molar-refractivity contribution in [3.8, 4) is 5.75 Å². The first-order valence-corrected chi connectivity index (χ1v) is 9.14. The zero-order valence-electron chi connectivity index (χ0n) is 12.5. The van der Waals surface area contributed by atoms with E-state index >= 15 is 0 Å². The summed E-state index contributed by atoms with van der Waals surface area (Å²) in [6, 6.07) is 4.55. The predicted molar refractivity (Wildman–Crippen MR) is 85.0 cm³/mol. The number of carbonyl (C=O) groups is 2. The molecule has 7 nitrogen and oxygen atoms in total. The van der Waals surface area contributed by atoms with Crippen molar-refractivity contribution in [3.63, 3.8) is 0 Å². The highest BCUT2D eigenvalue weighted by molar-refractivity contribution is 7.91. The molecule has 1 heterocycles. The highest BCUT2D eigenvalue weighted by atomic mass is 35.5. The van der Waals surface area contributed by atoms with E-state index in [9.17, 15) is 18.0 Å². The van der Waals surface area contributed by atoms with Gasteiger partial charge in [-0.2, -0.15) is 0 Å². The zero-order valence-corrected chi connectivity index (χ0v) is 14.0. The SMILES string of the molecule is COc1ccc(Cl)cc1C(=O)NNC(=O)C[C@H]1CCS(=O)(=O)C1. The quantitative estimate of drug-likeness (QED) is 0.778. The van der Waals surface area contributed by atoms with E-state index in [1.807, 2.05) is 0 Å². The van der Waals surface area contributed by atoms with E-state index in [0.29, 0.717) is 17.2 Å². The van der Waals surface area contributed by atoms with Crippen molar-refractivity contribution in [1.29, 1.82) is 0 Å². The number of sulfone groups is 1. The fraction of sp³-hybridized carbons (Fsp3) is 0.429. The van der Waals surface area contributed by atoms with Gasteiger partial charge in [0.25, 0.3) is 5.91 Å². The minimum atomic E-state index is -3.03. The highest BCUT2D eigenvalue weighted by Gasteiger charge is 2.29. The summed E-state index contributed by atoms with van der Waals surface area (Å²) in [5.74, 6) is -0.785. The van der Waals surface area contributed by atoms with Gasteiger partial charge in [-0.3, -0.25) is 20.4 Å². The second kappa shape index (κ2) is 7.18. The molecule has 0 aliphatic carbocycles. The van der Waals surface area contributed by atoms with Crippen LogP contribution < -0.4 is 15.6 Å². The number of rotatable bonds is 4. The molecule has 1 aromatic carbocycles. The van der Waals surface area contributed by atoms with Crippen LogP contribution in [0, 0.1) is 5.92 Å². The zero-order chi connectivity index (χ0) is 17.0. The summed E-state index contributed by atoms with van der Waals surface area (Å²) in [6.45, 7) is 0. The number of hydrogen-bond donors (Lipinski definition) is 2. The fourth-order valence-electron chi connectivity index (χ4n) is 2.40. The summed E-state index contributed by atoms with van der Waals surface area (Å²) in [6.07, 6.45) is 0.512. The number of methoxy groups -OCH3 is 1. The summed E-state index contributed by atoms with van der Waals surface area (Å²) >= 11 is 5.84. The van der Waals surface area contributed by atoms with Gasteiger partial charge in [-0.25, -0.2) is 8.42 Å². The van der Waals surface area contributed by atoms with Crippen LogP contribution >= 0.6 is 11.6 Å². The number of carbonyl (C=O) groups excluding carboxylic acids is 2. The van der Waals surface area contributed by atoms with Gasteiger partial charge >= 0.3 is 0 Å². The van der Waals surface area contributed by atoms with E-state index < -0.39 is 21.7 Å². The third kappa shape index (κ3) is 4.84.